The number of nitriles is 1. The fraction of sp³-hybridized carbons (Fsp3) is 0.417. The number of amides is 1. The number of benzene rings is 2. The summed E-state index contributed by atoms with van der Waals surface area (Å²) >= 11 is 0. The SMILES string of the molecule is CC(C)(C)OC(=O)N1CC[C@H](Oc2cc(OCc3ccccc3)ccc2C#N)[C@H](F)C1. The molecule has 1 fully saturated rings. The first-order valence-electron chi connectivity index (χ1n) is 10.2. The number of likely N-dealkylation sites (tertiary alicyclic amines) is 1. The molecule has 3 rings (SSSR count). The molecule has 1 aliphatic rings. The lowest BCUT2D eigenvalue weighted by Gasteiger charge is -2.35. The molecule has 0 spiro atoms. The molecule has 0 N–H and O–H groups in total. The summed E-state index contributed by atoms with van der Waals surface area (Å²) in [5.41, 5.74) is 0.666. The van der Waals surface area contributed by atoms with E-state index in [9.17, 15) is 14.4 Å². The topological polar surface area (TPSA) is 71.8 Å². The lowest BCUT2D eigenvalue weighted by Crippen LogP contribution is -2.50. The van der Waals surface area contributed by atoms with Gasteiger partial charge in [-0.3, -0.25) is 0 Å². The molecule has 0 aliphatic carbocycles. The molecule has 2 aromatic rings. The van der Waals surface area contributed by atoms with E-state index in [0.717, 1.165) is 5.56 Å². The van der Waals surface area contributed by atoms with Crippen LogP contribution in [0.15, 0.2) is 48.5 Å². The van der Waals surface area contributed by atoms with Crippen LogP contribution in [0, 0.1) is 11.3 Å². The Hall–Kier alpha value is -3.27. The van der Waals surface area contributed by atoms with Gasteiger partial charge in [-0.15, -0.1) is 0 Å². The Bertz CT molecular complexity index is 937. The second-order valence-corrected chi connectivity index (χ2v) is 8.43. The number of hydrogen-bond acceptors (Lipinski definition) is 5. The van der Waals surface area contributed by atoms with E-state index >= 15 is 0 Å². The van der Waals surface area contributed by atoms with E-state index in [2.05, 4.69) is 6.07 Å². The largest absolute Gasteiger partial charge is 0.489 e. The second-order valence-electron chi connectivity index (χ2n) is 8.43. The molecule has 31 heavy (non-hydrogen) atoms. The zero-order valence-electron chi connectivity index (χ0n) is 18.0. The van der Waals surface area contributed by atoms with Crippen molar-refractivity contribution < 1.29 is 23.4 Å². The molecule has 7 heteroatoms. The second kappa shape index (κ2) is 9.69. The van der Waals surface area contributed by atoms with Gasteiger partial charge in [-0.1, -0.05) is 30.3 Å². The summed E-state index contributed by atoms with van der Waals surface area (Å²) in [5, 5.41) is 9.40. The first-order chi connectivity index (χ1) is 14.7. The Morgan fingerprint density at radius 1 is 1.23 bits per heavy atom. The Balaban J connectivity index is 1.63. The highest BCUT2D eigenvalue weighted by atomic mass is 19.1. The Kier molecular flexibility index (Phi) is 7.01. The third-order valence-corrected chi connectivity index (χ3v) is 4.73. The number of carbonyl (C=O) groups is 1. The number of piperidine rings is 1. The minimum atomic E-state index is -1.40. The number of nitrogens with zero attached hydrogens (tertiary/aromatic N) is 2. The molecule has 0 aromatic heterocycles. The first kappa shape index (κ1) is 22.4. The van der Waals surface area contributed by atoms with Crippen molar-refractivity contribution >= 4 is 6.09 Å². The molecule has 0 unspecified atom stereocenters. The molecule has 2 atom stereocenters. The Morgan fingerprint density at radius 2 is 1.97 bits per heavy atom. The average Bonchev–Trinajstić information content (AvgIpc) is 2.73. The molecule has 0 radical (unpaired) electrons. The highest BCUT2D eigenvalue weighted by molar-refractivity contribution is 5.68. The van der Waals surface area contributed by atoms with Gasteiger partial charge in [0, 0.05) is 19.0 Å². The van der Waals surface area contributed by atoms with E-state index < -0.39 is 24.0 Å². The van der Waals surface area contributed by atoms with Crippen molar-refractivity contribution in [2.45, 2.75) is 51.7 Å². The first-order valence-corrected chi connectivity index (χ1v) is 10.2. The van der Waals surface area contributed by atoms with E-state index in [1.165, 1.54) is 4.90 Å². The summed E-state index contributed by atoms with van der Waals surface area (Å²) in [4.78, 5) is 13.5. The van der Waals surface area contributed by atoms with Gasteiger partial charge in [0.05, 0.1) is 12.1 Å². The van der Waals surface area contributed by atoms with Gasteiger partial charge >= 0.3 is 6.09 Å². The average molecular weight is 426 g/mol. The normalized spacial score (nSPS) is 18.7. The fourth-order valence-electron chi connectivity index (χ4n) is 3.19. The predicted molar refractivity (Wildman–Crippen MR) is 114 cm³/mol. The van der Waals surface area contributed by atoms with Crippen LogP contribution in [0.1, 0.15) is 38.3 Å². The molecule has 1 aliphatic heterocycles. The van der Waals surface area contributed by atoms with E-state index in [0.29, 0.717) is 30.9 Å². The molecular weight excluding hydrogens is 399 g/mol. The predicted octanol–water partition coefficient (Wildman–Crippen LogP) is 4.86. The fourth-order valence-corrected chi connectivity index (χ4v) is 3.19. The number of rotatable bonds is 5. The van der Waals surface area contributed by atoms with Gasteiger partial charge in [0.15, 0.2) is 6.17 Å². The number of alkyl halides is 1. The van der Waals surface area contributed by atoms with Crippen LogP contribution in [0.2, 0.25) is 0 Å². The molecule has 0 bridgehead atoms. The maximum atomic E-state index is 14.8. The number of hydrogen-bond donors (Lipinski definition) is 0. The number of halogens is 1. The molecule has 0 saturated carbocycles. The van der Waals surface area contributed by atoms with Crippen LogP contribution in [-0.4, -0.2) is 42.0 Å². The van der Waals surface area contributed by atoms with Crippen LogP contribution in [-0.2, 0) is 11.3 Å². The van der Waals surface area contributed by atoms with Gasteiger partial charge in [0.2, 0.25) is 0 Å². The molecule has 1 heterocycles. The van der Waals surface area contributed by atoms with Crippen molar-refractivity contribution in [2.75, 3.05) is 13.1 Å². The standard InChI is InChI=1S/C24H27FN2O4/c1-24(2,3)31-23(28)27-12-11-21(20(25)15-27)30-22-13-19(10-9-18(22)14-26)29-16-17-7-5-4-6-8-17/h4-10,13,20-21H,11-12,15-16H2,1-3H3/t20-,21+/m1/s1. The van der Waals surface area contributed by atoms with Gasteiger partial charge in [0.25, 0.3) is 0 Å². The third-order valence-electron chi connectivity index (χ3n) is 4.73. The quantitative estimate of drug-likeness (QED) is 0.683. The molecule has 164 valence electrons. The summed E-state index contributed by atoms with van der Waals surface area (Å²) in [6, 6.07) is 16.6. The maximum absolute atomic E-state index is 14.8. The molecule has 6 nitrogen and oxygen atoms in total. The highest BCUT2D eigenvalue weighted by Crippen LogP contribution is 2.29. The monoisotopic (exact) mass is 426 g/mol. The smallest absolute Gasteiger partial charge is 0.410 e. The van der Waals surface area contributed by atoms with Gasteiger partial charge in [-0.05, 0) is 38.5 Å². The third kappa shape index (κ3) is 6.35. The highest BCUT2D eigenvalue weighted by Gasteiger charge is 2.35. The molecule has 1 amide bonds. The summed E-state index contributed by atoms with van der Waals surface area (Å²) < 4.78 is 31.8. The van der Waals surface area contributed by atoms with E-state index in [1.54, 1.807) is 39.0 Å². The van der Waals surface area contributed by atoms with E-state index in [1.807, 2.05) is 30.3 Å². The van der Waals surface area contributed by atoms with Crippen molar-refractivity contribution in [3.8, 4) is 17.6 Å². The summed E-state index contributed by atoms with van der Waals surface area (Å²) in [5.74, 6) is 0.797. The van der Waals surface area contributed by atoms with E-state index in [-0.39, 0.29) is 12.3 Å². The van der Waals surface area contributed by atoms with Crippen molar-refractivity contribution in [1.29, 1.82) is 5.26 Å². The van der Waals surface area contributed by atoms with Gasteiger partial charge in [0.1, 0.15) is 35.9 Å². The Morgan fingerprint density at radius 3 is 2.61 bits per heavy atom. The Labute approximate surface area is 182 Å². The molecular formula is C24H27FN2O4. The van der Waals surface area contributed by atoms with Crippen molar-refractivity contribution in [3.63, 3.8) is 0 Å². The lowest BCUT2D eigenvalue weighted by molar-refractivity contribution is -0.0106. The number of carbonyl (C=O) groups excluding carboxylic acids is 1. The van der Waals surface area contributed by atoms with Gasteiger partial charge in [-0.2, -0.15) is 5.26 Å². The molecule has 1 saturated heterocycles. The summed E-state index contributed by atoms with van der Waals surface area (Å²) in [7, 11) is 0. The zero-order chi connectivity index (χ0) is 22.4. The van der Waals surface area contributed by atoms with Crippen LogP contribution in [0.5, 0.6) is 11.5 Å². The van der Waals surface area contributed by atoms with Crippen LogP contribution in [0.4, 0.5) is 9.18 Å². The van der Waals surface area contributed by atoms with Crippen LogP contribution in [0.25, 0.3) is 0 Å². The minimum absolute atomic E-state index is 0.119. The van der Waals surface area contributed by atoms with Gasteiger partial charge < -0.3 is 19.1 Å². The van der Waals surface area contributed by atoms with Crippen LogP contribution in [0.3, 0.4) is 0 Å². The van der Waals surface area contributed by atoms with Crippen molar-refractivity contribution in [1.82, 2.24) is 4.90 Å². The van der Waals surface area contributed by atoms with Gasteiger partial charge in [-0.25, -0.2) is 9.18 Å². The van der Waals surface area contributed by atoms with Crippen molar-refractivity contribution in [2.24, 2.45) is 0 Å². The maximum Gasteiger partial charge on any atom is 0.410 e. The van der Waals surface area contributed by atoms with E-state index in [4.69, 9.17) is 14.2 Å². The lowest BCUT2D eigenvalue weighted by atomic mass is 10.1. The molecule has 2 aromatic carbocycles. The van der Waals surface area contributed by atoms with Crippen molar-refractivity contribution in [3.05, 3.63) is 59.7 Å². The van der Waals surface area contributed by atoms with Crippen LogP contribution >= 0.6 is 0 Å². The minimum Gasteiger partial charge on any atom is -0.489 e. The summed E-state index contributed by atoms with van der Waals surface area (Å²) in [6.45, 7) is 5.86. The van der Waals surface area contributed by atoms with Crippen LogP contribution < -0.4 is 9.47 Å². The zero-order valence-corrected chi connectivity index (χ0v) is 18.0. The summed E-state index contributed by atoms with van der Waals surface area (Å²) in [6.07, 6.45) is -2.42. The number of ether oxygens (including phenoxy) is 3.